The SMILES string of the molecule is CC[Si](=[Zr+2])CC.Cc1[cH-]c2c(C)ccc(C)c2c1C1C=CC=C1.[Cl-].[Cl-]. The Morgan fingerprint density at radius 3 is 1.96 bits per heavy atom. The van der Waals surface area contributed by atoms with Crippen molar-refractivity contribution >= 4 is 16.2 Å². The summed E-state index contributed by atoms with van der Waals surface area (Å²) in [6.07, 6.45) is 8.86. The van der Waals surface area contributed by atoms with Crippen LogP contribution in [0.5, 0.6) is 0 Å². The maximum Gasteiger partial charge on any atom is -0.0203 e. The Bertz CT molecular complexity index is 754. The molecule has 0 aromatic heterocycles. The van der Waals surface area contributed by atoms with Gasteiger partial charge < -0.3 is 24.8 Å². The van der Waals surface area contributed by atoms with Gasteiger partial charge in [0.25, 0.3) is 0 Å². The van der Waals surface area contributed by atoms with Crippen molar-refractivity contribution in [2.45, 2.75) is 52.6 Å². The summed E-state index contributed by atoms with van der Waals surface area (Å²) in [5, 5.41) is 2.88. The van der Waals surface area contributed by atoms with Crippen LogP contribution in [0.4, 0.5) is 0 Å². The monoisotopic (exact) mass is 467 g/mol. The van der Waals surface area contributed by atoms with Gasteiger partial charge in [0.15, 0.2) is 0 Å². The van der Waals surface area contributed by atoms with Gasteiger partial charge in [-0.1, -0.05) is 49.8 Å². The molecule has 0 saturated carbocycles. The zero-order valence-corrected chi connectivity index (χ0v) is 20.8. The molecular weight excluding hydrogens is 442 g/mol. The molecule has 1 aliphatic rings. The van der Waals surface area contributed by atoms with Gasteiger partial charge in [-0.05, 0) is 12.8 Å². The van der Waals surface area contributed by atoms with Gasteiger partial charge in [-0.15, -0.1) is 39.6 Å². The molecular formula is C21H27Cl2SiZr-. The summed E-state index contributed by atoms with van der Waals surface area (Å²) >= 11 is 1.80. The quantitative estimate of drug-likeness (QED) is 0.447. The molecule has 0 bridgehead atoms. The number of benzene rings is 1. The number of hydrogen-bond acceptors (Lipinski definition) is 0. The Balaban J connectivity index is 0.000000633. The maximum absolute atomic E-state index is 2.34. The molecule has 0 fully saturated rings. The van der Waals surface area contributed by atoms with Crippen molar-refractivity contribution in [3.05, 3.63) is 64.8 Å². The normalized spacial score (nSPS) is 12.4. The molecule has 2 aromatic carbocycles. The van der Waals surface area contributed by atoms with E-state index in [-0.39, 0.29) is 30.2 Å². The van der Waals surface area contributed by atoms with E-state index in [1.807, 2.05) is 0 Å². The summed E-state index contributed by atoms with van der Waals surface area (Å²) in [5.74, 6) is 0.466. The van der Waals surface area contributed by atoms with E-state index in [0.29, 0.717) is 5.92 Å². The first-order valence-corrected chi connectivity index (χ1v) is 14.2. The van der Waals surface area contributed by atoms with Crippen molar-refractivity contribution in [1.82, 2.24) is 0 Å². The standard InChI is InChI=1S/C17H17.C4H10Si.2ClH.Zr/c1-11-8-9-12(2)17-15(11)10-13(3)16(17)14-6-4-5-7-14;1-3-5-4-2;;;/h4-10,14H,1-3H3;3-4H2,1-2H3;2*1H;/q-1;;;;+2/p-2. The first kappa shape index (κ1) is 25.0. The smallest absolute Gasteiger partial charge is 0.0203 e. The predicted molar refractivity (Wildman–Crippen MR) is 101 cm³/mol. The third-order valence-electron chi connectivity index (χ3n) is 4.66. The molecule has 0 spiro atoms. The number of aryl methyl sites for hydroxylation is 3. The number of rotatable bonds is 3. The summed E-state index contributed by atoms with van der Waals surface area (Å²) in [6.45, 7) is 11.2. The molecule has 0 atom stereocenters. The van der Waals surface area contributed by atoms with Crippen molar-refractivity contribution in [2.24, 2.45) is 0 Å². The molecule has 0 N–H and O–H groups in total. The molecule has 2 aromatic rings. The molecule has 1 aliphatic carbocycles. The van der Waals surface area contributed by atoms with Crippen LogP contribution in [0, 0.1) is 20.8 Å². The predicted octanol–water partition coefficient (Wildman–Crippen LogP) is 0.266. The van der Waals surface area contributed by atoms with E-state index in [1.165, 1.54) is 45.1 Å². The van der Waals surface area contributed by atoms with E-state index in [2.05, 4.69) is 77.1 Å². The second kappa shape index (κ2) is 11.7. The third-order valence-corrected chi connectivity index (χ3v) is 11.6. The van der Waals surface area contributed by atoms with Gasteiger partial charge in [-0.25, -0.2) is 0 Å². The van der Waals surface area contributed by atoms with Crippen LogP contribution in [0.1, 0.15) is 42.0 Å². The van der Waals surface area contributed by atoms with Gasteiger partial charge in [0.2, 0.25) is 0 Å². The summed E-state index contributed by atoms with van der Waals surface area (Å²) in [6, 6.07) is 9.75. The zero-order chi connectivity index (χ0) is 17.0. The van der Waals surface area contributed by atoms with E-state index in [0.717, 1.165) is 0 Å². The van der Waals surface area contributed by atoms with E-state index >= 15 is 0 Å². The molecule has 0 amide bonds. The van der Waals surface area contributed by atoms with Crippen LogP contribution < -0.4 is 24.8 Å². The van der Waals surface area contributed by atoms with Crippen LogP contribution in [0.2, 0.25) is 12.1 Å². The fraction of sp³-hybridized carbons (Fsp3) is 0.381. The fourth-order valence-corrected chi connectivity index (χ4v) is 3.67. The number of hydrogen-bond donors (Lipinski definition) is 0. The topological polar surface area (TPSA) is 0 Å². The van der Waals surface area contributed by atoms with Gasteiger partial charge in [0, 0.05) is 0 Å². The Labute approximate surface area is 180 Å². The Morgan fingerprint density at radius 1 is 0.960 bits per heavy atom. The number of fused-ring (bicyclic) bond motifs is 1. The average molecular weight is 470 g/mol. The van der Waals surface area contributed by atoms with Crippen molar-refractivity contribution in [3.63, 3.8) is 0 Å². The summed E-state index contributed by atoms with van der Waals surface area (Å²) in [4.78, 5) is 0. The number of allylic oxidation sites excluding steroid dienone is 4. The van der Waals surface area contributed by atoms with E-state index in [9.17, 15) is 0 Å². The molecule has 3 rings (SSSR count). The molecule has 4 heteroatoms. The first-order valence-electron chi connectivity index (χ1n) is 8.56. The van der Waals surface area contributed by atoms with Crippen molar-refractivity contribution in [2.75, 3.05) is 0 Å². The largest absolute Gasteiger partial charge is 1.00 e. The zero-order valence-electron chi connectivity index (χ0n) is 15.8. The average Bonchev–Trinajstić information content (AvgIpc) is 3.18. The van der Waals surface area contributed by atoms with Crippen LogP contribution in [0.3, 0.4) is 0 Å². The second-order valence-electron chi connectivity index (χ2n) is 6.34. The summed E-state index contributed by atoms with van der Waals surface area (Å²) in [7, 11) is 0. The minimum atomic E-state index is 0. The molecule has 0 heterocycles. The Morgan fingerprint density at radius 2 is 1.48 bits per heavy atom. The van der Waals surface area contributed by atoms with Crippen molar-refractivity contribution < 1.29 is 48.1 Å². The van der Waals surface area contributed by atoms with Crippen LogP contribution in [0.15, 0.2) is 42.5 Å². The van der Waals surface area contributed by atoms with Crippen LogP contribution >= 0.6 is 0 Å². The minimum absolute atomic E-state index is 0. The molecule has 134 valence electrons. The Hall–Kier alpha value is -0.0100. The minimum Gasteiger partial charge on any atom is -1.00 e. The first-order chi connectivity index (χ1) is 11.0. The number of halogens is 2. The molecule has 0 nitrogen and oxygen atoms in total. The Kier molecular flexibility index (Phi) is 11.6. The van der Waals surface area contributed by atoms with Gasteiger partial charge >= 0.3 is 54.7 Å². The van der Waals surface area contributed by atoms with Gasteiger partial charge in [-0.2, -0.15) is 0 Å². The maximum atomic E-state index is 2.34. The van der Waals surface area contributed by atoms with E-state index in [1.54, 1.807) is 23.3 Å². The van der Waals surface area contributed by atoms with Crippen LogP contribution in [-0.4, -0.2) is 5.43 Å². The fourth-order valence-electron chi connectivity index (χ4n) is 3.17. The van der Waals surface area contributed by atoms with Crippen molar-refractivity contribution in [3.8, 4) is 0 Å². The molecule has 0 aliphatic heterocycles. The summed E-state index contributed by atoms with van der Waals surface area (Å²) < 4.78 is 0. The van der Waals surface area contributed by atoms with Gasteiger partial charge in [-0.3, -0.25) is 0 Å². The molecule has 0 radical (unpaired) electrons. The molecule has 25 heavy (non-hydrogen) atoms. The third kappa shape index (κ3) is 5.99. The van der Waals surface area contributed by atoms with Crippen LogP contribution in [-0.2, 0) is 23.3 Å². The van der Waals surface area contributed by atoms with E-state index < -0.39 is 0 Å². The molecule has 0 saturated heterocycles. The van der Waals surface area contributed by atoms with E-state index in [4.69, 9.17) is 0 Å². The molecule has 0 unspecified atom stereocenters. The van der Waals surface area contributed by atoms with Gasteiger partial charge in [0.1, 0.15) is 0 Å². The van der Waals surface area contributed by atoms with Crippen molar-refractivity contribution in [1.29, 1.82) is 0 Å². The summed E-state index contributed by atoms with van der Waals surface area (Å²) in [5.41, 5.74) is 5.90. The second-order valence-corrected chi connectivity index (χ2v) is 14.2. The van der Waals surface area contributed by atoms with Gasteiger partial charge in [0.05, 0.1) is 0 Å². The van der Waals surface area contributed by atoms with Crippen LogP contribution in [0.25, 0.3) is 10.8 Å².